The number of nitrogens with one attached hydrogen (secondary N) is 1. The molecule has 1 N–H and O–H groups in total. The Balaban J connectivity index is 1.35. The molecule has 1 saturated carbocycles. The highest BCUT2D eigenvalue weighted by molar-refractivity contribution is 7.92. The van der Waals surface area contributed by atoms with Gasteiger partial charge in [-0.3, -0.25) is 9.69 Å². The first kappa shape index (κ1) is 22.5. The van der Waals surface area contributed by atoms with Crippen molar-refractivity contribution >= 4 is 27.3 Å². The number of carbonyl (C=O) groups excluding carboxylic acids is 1. The van der Waals surface area contributed by atoms with Crippen molar-refractivity contribution < 1.29 is 17.9 Å². The summed E-state index contributed by atoms with van der Waals surface area (Å²) in [7, 11) is -3.05. The van der Waals surface area contributed by atoms with Crippen molar-refractivity contribution in [3.05, 3.63) is 34.9 Å². The molecule has 2 aliphatic rings. The van der Waals surface area contributed by atoms with Crippen LogP contribution in [0.3, 0.4) is 0 Å². The van der Waals surface area contributed by atoms with Gasteiger partial charge >= 0.3 is 0 Å². The largest absolute Gasteiger partial charge is 0.374 e. The van der Waals surface area contributed by atoms with Crippen LogP contribution >= 0.6 is 11.6 Å². The van der Waals surface area contributed by atoms with Crippen molar-refractivity contribution in [2.45, 2.75) is 56.4 Å². The molecule has 8 heteroatoms. The minimum atomic E-state index is -3.05. The highest BCUT2D eigenvalue weighted by Crippen LogP contribution is 2.25. The van der Waals surface area contributed by atoms with Crippen molar-refractivity contribution in [1.82, 2.24) is 10.2 Å². The maximum Gasteiger partial charge on any atom is 0.220 e. The molecule has 0 aromatic heterocycles. The molecule has 2 fully saturated rings. The van der Waals surface area contributed by atoms with Gasteiger partial charge in [0.05, 0.1) is 23.7 Å². The summed E-state index contributed by atoms with van der Waals surface area (Å²) in [6, 6.07) is 7.83. The molecule has 1 aromatic rings. The average Bonchev–Trinajstić information content (AvgIpc) is 3.22. The Hall–Kier alpha value is -1.15. The van der Waals surface area contributed by atoms with Crippen molar-refractivity contribution in [2.24, 2.45) is 0 Å². The lowest BCUT2D eigenvalue weighted by Gasteiger charge is -2.33. The molecule has 3 rings (SSSR count). The molecular weight excluding hydrogens is 412 g/mol. The third kappa shape index (κ3) is 7.24. The summed E-state index contributed by atoms with van der Waals surface area (Å²) >= 11 is 6.05. The van der Waals surface area contributed by atoms with Gasteiger partial charge in [-0.25, -0.2) is 8.42 Å². The van der Waals surface area contributed by atoms with Crippen LogP contribution in [0.15, 0.2) is 24.3 Å². The minimum absolute atomic E-state index is 0.0610. The number of hydrogen-bond donors (Lipinski definition) is 1. The summed E-state index contributed by atoms with van der Waals surface area (Å²) < 4.78 is 30.3. The third-order valence-electron chi connectivity index (χ3n) is 5.69. The van der Waals surface area contributed by atoms with Crippen LogP contribution < -0.4 is 5.32 Å². The van der Waals surface area contributed by atoms with Crippen LogP contribution in [0.4, 0.5) is 0 Å². The van der Waals surface area contributed by atoms with E-state index in [-0.39, 0.29) is 29.4 Å². The fourth-order valence-electron chi connectivity index (χ4n) is 4.11. The van der Waals surface area contributed by atoms with Crippen LogP contribution in [0, 0.1) is 0 Å². The summed E-state index contributed by atoms with van der Waals surface area (Å²) in [6.07, 6.45) is 4.12. The van der Waals surface area contributed by atoms with Gasteiger partial charge in [0.2, 0.25) is 5.91 Å². The number of nitrogens with zero attached hydrogens (tertiary/aromatic N) is 1. The van der Waals surface area contributed by atoms with Crippen molar-refractivity contribution in [3.63, 3.8) is 0 Å². The van der Waals surface area contributed by atoms with E-state index in [0.29, 0.717) is 19.6 Å². The second kappa shape index (κ2) is 10.8. The lowest BCUT2D eigenvalue weighted by atomic mass is 10.2. The third-order valence-corrected chi connectivity index (χ3v) is 8.27. The molecule has 1 heterocycles. The van der Waals surface area contributed by atoms with Crippen LogP contribution in [0.5, 0.6) is 0 Å². The number of morpholine rings is 1. The average molecular weight is 443 g/mol. The summed E-state index contributed by atoms with van der Waals surface area (Å²) in [5.41, 5.74) is 1.16. The van der Waals surface area contributed by atoms with Crippen molar-refractivity contribution in [2.75, 3.05) is 32.0 Å². The van der Waals surface area contributed by atoms with Crippen molar-refractivity contribution in [1.29, 1.82) is 0 Å². The summed E-state index contributed by atoms with van der Waals surface area (Å²) in [5, 5.41) is 3.44. The van der Waals surface area contributed by atoms with Crippen LogP contribution in [0.2, 0.25) is 5.02 Å². The Kier molecular flexibility index (Phi) is 8.35. The monoisotopic (exact) mass is 442 g/mol. The van der Waals surface area contributed by atoms with Crippen molar-refractivity contribution in [3.8, 4) is 0 Å². The van der Waals surface area contributed by atoms with Gasteiger partial charge in [0.1, 0.15) is 0 Å². The molecule has 162 valence electrons. The van der Waals surface area contributed by atoms with E-state index in [9.17, 15) is 13.2 Å². The summed E-state index contributed by atoms with van der Waals surface area (Å²) in [5.74, 6) is 0.000465. The maximum atomic E-state index is 12.3. The number of halogens is 1. The first-order valence-electron chi connectivity index (χ1n) is 10.5. The number of ether oxygens (including phenoxy) is 1. The zero-order valence-electron chi connectivity index (χ0n) is 16.8. The van der Waals surface area contributed by atoms with E-state index >= 15 is 0 Å². The quantitative estimate of drug-likeness (QED) is 0.636. The molecule has 1 saturated heterocycles. The molecular formula is C21H31ClN2O4S. The molecule has 6 nitrogen and oxygen atoms in total. The van der Waals surface area contributed by atoms with E-state index in [0.717, 1.165) is 55.9 Å². The lowest BCUT2D eigenvalue weighted by molar-refractivity contribution is -0.122. The van der Waals surface area contributed by atoms with Gasteiger partial charge in [-0.2, -0.15) is 0 Å². The fraction of sp³-hybridized carbons (Fsp3) is 0.667. The van der Waals surface area contributed by atoms with Gasteiger partial charge in [0.15, 0.2) is 9.84 Å². The molecule has 0 radical (unpaired) electrons. The lowest BCUT2D eigenvalue weighted by Crippen LogP contribution is -2.47. The fourth-order valence-corrected chi connectivity index (χ4v) is 6.25. The molecule has 1 aromatic carbocycles. The maximum absolute atomic E-state index is 12.3. The highest BCUT2D eigenvalue weighted by atomic mass is 35.5. The van der Waals surface area contributed by atoms with Gasteiger partial charge in [-0.1, -0.05) is 36.6 Å². The first-order valence-corrected chi connectivity index (χ1v) is 12.6. The number of carbonyl (C=O) groups is 1. The smallest absolute Gasteiger partial charge is 0.220 e. The first-order chi connectivity index (χ1) is 13.9. The Morgan fingerprint density at radius 2 is 2.07 bits per heavy atom. The number of sulfone groups is 1. The molecule has 1 atom stereocenters. The molecule has 0 spiro atoms. The minimum Gasteiger partial charge on any atom is -0.374 e. The van der Waals surface area contributed by atoms with Gasteiger partial charge in [0.25, 0.3) is 0 Å². The molecule has 29 heavy (non-hydrogen) atoms. The number of amides is 1. The zero-order chi connectivity index (χ0) is 20.7. The predicted octanol–water partition coefficient (Wildman–Crippen LogP) is 2.79. The molecule has 1 amide bonds. The Bertz CT molecular complexity index is 781. The van der Waals surface area contributed by atoms with E-state index in [1.165, 1.54) is 0 Å². The standard InChI is InChI=1S/C21H31ClN2O4S/c22-18-6-3-5-17(13-18)15-24-10-11-28-19(16-24)14-23-21(25)9-4-12-29(26,27)20-7-1-2-8-20/h3,5-6,13,19-20H,1-2,4,7-12,14-16H2,(H,23,25). The second-order valence-corrected chi connectivity index (χ2v) is 10.9. The van der Waals surface area contributed by atoms with E-state index in [2.05, 4.69) is 16.3 Å². The highest BCUT2D eigenvalue weighted by Gasteiger charge is 2.28. The van der Waals surface area contributed by atoms with Gasteiger partial charge < -0.3 is 10.1 Å². The Morgan fingerprint density at radius 3 is 2.83 bits per heavy atom. The molecule has 0 bridgehead atoms. The number of benzene rings is 1. The Morgan fingerprint density at radius 1 is 1.28 bits per heavy atom. The zero-order valence-corrected chi connectivity index (χ0v) is 18.4. The summed E-state index contributed by atoms with van der Waals surface area (Å²) in [6.45, 7) is 3.45. The van der Waals surface area contributed by atoms with Crippen LogP contribution in [-0.2, 0) is 25.9 Å². The topological polar surface area (TPSA) is 75.7 Å². The molecule has 1 aliphatic heterocycles. The van der Waals surface area contributed by atoms with Crippen LogP contribution in [-0.4, -0.2) is 62.6 Å². The second-order valence-electron chi connectivity index (χ2n) is 8.04. The molecule has 1 aliphatic carbocycles. The predicted molar refractivity (Wildman–Crippen MR) is 115 cm³/mol. The van der Waals surface area contributed by atoms with Gasteiger partial charge in [-0.15, -0.1) is 0 Å². The van der Waals surface area contributed by atoms with E-state index in [4.69, 9.17) is 16.3 Å². The normalized spacial score (nSPS) is 21.3. The SMILES string of the molecule is O=C(CCCS(=O)(=O)C1CCCC1)NCC1CN(Cc2cccc(Cl)c2)CCO1. The van der Waals surface area contributed by atoms with E-state index in [1.54, 1.807) is 0 Å². The summed E-state index contributed by atoms with van der Waals surface area (Å²) in [4.78, 5) is 14.4. The Labute approximate surface area is 178 Å². The number of hydrogen-bond acceptors (Lipinski definition) is 5. The van der Waals surface area contributed by atoms with E-state index < -0.39 is 9.84 Å². The van der Waals surface area contributed by atoms with E-state index in [1.807, 2.05) is 18.2 Å². The van der Waals surface area contributed by atoms with Crippen LogP contribution in [0.1, 0.15) is 44.1 Å². The van der Waals surface area contributed by atoms with Crippen LogP contribution in [0.25, 0.3) is 0 Å². The van der Waals surface area contributed by atoms with Gasteiger partial charge in [-0.05, 0) is 37.0 Å². The molecule has 1 unspecified atom stereocenters. The van der Waals surface area contributed by atoms with Gasteiger partial charge in [0, 0.05) is 37.6 Å². The number of rotatable bonds is 9.